The van der Waals surface area contributed by atoms with Gasteiger partial charge in [-0.15, -0.1) is 0 Å². The summed E-state index contributed by atoms with van der Waals surface area (Å²) in [6.45, 7) is 4.09. The lowest BCUT2D eigenvalue weighted by atomic mass is 9.91. The Morgan fingerprint density at radius 3 is 2.03 bits per heavy atom. The van der Waals surface area contributed by atoms with Gasteiger partial charge in [0.25, 0.3) is 0 Å². The average Bonchev–Trinajstić information content (AvgIpc) is 2.77. The molecule has 0 aliphatic carbocycles. The second-order valence-corrected chi connectivity index (χ2v) is 9.33. The van der Waals surface area contributed by atoms with Crippen LogP contribution in [-0.4, -0.2) is 27.4 Å². The highest BCUT2D eigenvalue weighted by atomic mass is 32.2. The molecule has 3 aromatic carbocycles. The molecule has 0 aliphatic heterocycles. The highest BCUT2D eigenvalue weighted by molar-refractivity contribution is 7.89. The summed E-state index contributed by atoms with van der Waals surface area (Å²) in [5.74, 6) is -0.168. The Morgan fingerprint density at radius 2 is 1.45 bits per heavy atom. The summed E-state index contributed by atoms with van der Waals surface area (Å²) >= 11 is 0. The van der Waals surface area contributed by atoms with Crippen LogP contribution in [-0.2, 0) is 14.8 Å². The molecular formula is C25H28N2O3S. The molecule has 0 unspecified atom stereocenters. The van der Waals surface area contributed by atoms with Crippen LogP contribution in [0.25, 0.3) is 0 Å². The zero-order chi connectivity index (χ0) is 22.3. The monoisotopic (exact) mass is 436 g/mol. The fraction of sp³-hybridized carbons (Fsp3) is 0.240. The minimum atomic E-state index is -3.66. The fourth-order valence-electron chi connectivity index (χ4n) is 3.48. The molecule has 0 radical (unpaired) electrons. The molecule has 0 heterocycles. The van der Waals surface area contributed by atoms with Gasteiger partial charge in [0.1, 0.15) is 0 Å². The van der Waals surface area contributed by atoms with Crippen molar-refractivity contribution in [1.29, 1.82) is 0 Å². The van der Waals surface area contributed by atoms with E-state index in [1.54, 1.807) is 19.1 Å². The van der Waals surface area contributed by atoms with E-state index in [2.05, 4.69) is 10.0 Å². The molecule has 3 aromatic rings. The van der Waals surface area contributed by atoms with E-state index < -0.39 is 10.0 Å². The van der Waals surface area contributed by atoms with Gasteiger partial charge in [-0.1, -0.05) is 72.8 Å². The van der Waals surface area contributed by atoms with Crippen LogP contribution in [0.5, 0.6) is 0 Å². The number of nitrogens with one attached hydrogen (secondary N) is 2. The predicted molar refractivity (Wildman–Crippen MR) is 123 cm³/mol. The molecule has 0 aliphatic rings. The third-order valence-corrected chi connectivity index (χ3v) is 6.79. The molecule has 0 fully saturated rings. The number of sulfonamides is 1. The van der Waals surface area contributed by atoms with Gasteiger partial charge in [0, 0.05) is 25.4 Å². The van der Waals surface area contributed by atoms with E-state index in [1.807, 2.05) is 73.7 Å². The van der Waals surface area contributed by atoms with Crippen molar-refractivity contribution in [3.63, 3.8) is 0 Å². The lowest BCUT2D eigenvalue weighted by Gasteiger charge is -2.19. The fourth-order valence-corrected chi connectivity index (χ4v) is 4.84. The summed E-state index contributed by atoms with van der Waals surface area (Å²) < 4.78 is 27.7. The van der Waals surface area contributed by atoms with Gasteiger partial charge >= 0.3 is 0 Å². The number of rotatable bonds is 9. The number of hydrogen-bond acceptors (Lipinski definition) is 3. The Bertz CT molecular complexity index is 1070. The first-order valence-electron chi connectivity index (χ1n) is 10.3. The molecule has 162 valence electrons. The van der Waals surface area contributed by atoms with E-state index in [1.165, 1.54) is 0 Å². The topological polar surface area (TPSA) is 75.3 Å². The van der Waals surface area contributed by atoms with Crippen LogP contribution in [0.15, 0.2) is 83.8 Å². The molecule has 0 saturated carbocycles. The maximum Gasteiger partial charge on any atom is 0.240 e. The predicted octanol–water partition coefficient (Wildman–Crippen LogP) is 3.92. The van der Waals surface area contributed by atoms with Gasteiger partial charge in [-0.05, 0) is 42.2 Å². The molecule has 0 aromatic heterocycles. The van der Waals surface area contributed by atoms with Crippen molar-refractivity contribution in [1.82, 2.24) is 10.0 Å². The van der Waals surface area contributed by atoms with Gasteiger partial charge < -0.3 is 5.32 Å². The quantitative estimate of drug-likeness (QED) is 0.534. The Labute approximate surface area is 184 Å². The summed E-state index contributed by atoms with van der Waals surface area (Å²) in [5.41, 5.74) is 3.78. The molecule has 1 amide bonds. The number of aryl methyl sites for hydroxylation is 2. The van der Waals surface area contributed by atoms with Crippen molar-refractivity contribution in [3.8, 4) is 0 Å². The van der Waals surface area contributed by atoms with E-state index in [4.69, 9.17) is 0 Å². The molecule has 31 heavy (non-hydrogen) atoms. The third-order valence-electron chi connectivity index (χ3n) is 5.18. The van der Waals surface area contributed by atoms with Gasteiger partial charge in [0.15, 0.2) is 0 Å². The molecule has 0 saturated heterocycles. The Morgan fingerprint density at radius 1 is 0.871 bits per heavy atom. The average molecular weight is 437 g/mol. The van der Waals surface area contributed by atoms with E-state index in [0.29, 0.717) is 12.1 Å². The molecule has 5 nitrogen and oxygen atoms in total. The Kier molecular flexibility index (Phi) is 7.60. The first-order chi connectivity index (χ1) is 14.9. The highest BCUT2D eigenvalue weighted by Crippen LogP contribution is 2.23. The van der Waals surface area contributed by atoms with E-state index in [-0.39, 0.29) is 29.7 Å². The van der Waals surface area contributed by atoms with Crippen molar-refractivity contribution in [2.75, 3.05) is 13.1 Å². The maximum absolute atomic E-state index is 12.6. The first-order valence-corrected chi connectivity index (χ1v) is 11.8. The van der Waals surface area contributed by atoms with Crippen LogP contribution in [0.4, 0.5) is 0 Å². The second kappa shape index (κ2) is 10.4. The number of amides is 1. The lowest BCUT2D eigenvalue weighted by Crippen LogP contribution is -2.33. The molecule has 3 rings (SSSR count). The summed E-state index contributed by atoms with van der Waals surface area (Å²) in [7, 11) is -3.66. The highest BCUT2D eigenvalue weighted by Gasteiger charge is 2.18. The second-order valence-electron chi connectivity index (χ2n) is 7.59. The largest absolute Gasteiger partial charge is 0.355 e. The molecule has 2 N–H and O–H groups in total. The normalized spacial score (nSPS) is 11.5. The van der Waals surface area contributed by atoms with Crippen LogP contribution in [0.1, 0.15) is 34.6 Å². The Hall–Kier alpha value is -2.96. The van der Waals surface area contributed by atoms with Crippen LogP contribution in [0, 0.1) is 13.8 Å². The molecule has 0 bridgehead atoms. The van der Waals surface area contributed by atoms with Crippen molar-refractivity contribution in [3.05, 3.63) is 101 Å². The lowest BCUT2D eigenvalue weighted by molar-refractivity contribution is -0.120. The maximum atomic E-state index is 12.6. The smallest absolute Gasteiger partial charge is 0.240 e. The summed E-state index contributed by atoms with van der Waals surface area (Å²) in [6, 6.07) is 25.3. The number of benzene rings is 3. The first kappa shape index (κ1) is 22.7. The van der Waals surface area contributed by atoms with Crippen LogP contribution in [0.3, 0.4) is 0 Å². The standard InChI is InChI=1S/C25H28N2O3S/c1-19-13-14-20(2)24(17-19)31(29,30)27-16-15-25(28)26-18-23(21-9-5-3-6-10-21)22-11-7-4-8-12-22/h3-14,17,23,27H,15-16,18H2,1-2H3,(H,26,28). The van der Waals surface area contributed by atoms with Crippen molar-refractivity contribution >= 4 is 15.9 Å². The summed E-state index contributed by atoms with van der Waals surface area (Å²) in [6.07, 6.45) is 0.0698. The van der Waals surface area contributed by atoms with Crippen molar-refractivity contribution in [2.24, 2.45) is 0 Å². The number of carbonyl (C=O) groups is 1. The van der Waals surface area contributed by atoms with Gasteiger partial charge in [0.2, 0.25) is 15.9 Å². The van der Waals surface area contributed by atoms with E-state index >= 15 is 0 Å². The molecule has 6 heteroatoms. The summed E-state index contributed by atoms with van der Waals surface area (Å²) in [5, 5.41) is 2.95. The Balaban J connectivity index is 1.58. The van der Waals surface area contributed by atoms with Gasteiger partial charge in [-0.25, -0.2) is 13.1 Å². The van der Waals surface area contributed by atoms with Gasteiger partial charge in [-0.3, -0.25) is 4.79 Å². The summed E-state index contributed by atoms with van der Waals surface area (Å²) in [4.78, 5) is 12.7. The van der Waals surface area contributed by atoms with Gasteiger partial charge in [0.05, 0.1) is 4.90 Å². The van der Waals surface area contributed by atoms with Crippen LogP contribution in [0.2, 0.25) is 0 Å². The van der Waals surface area contributed by atoms with Crippen molar-refractivity contribution in [2.45, 2.75) is 31.1 Å². The minimum Gasteiger partial charge on any atom is -0.355 e. The van der Waals surface area contributed by atoms with E-state index in [9.17, 15) is 13.2 Å². The molecule has 0 spiro atoms. The minimum absolute atomic E-state index is 0.0259. The SMILES string of the molecule is Cc1ccc(C)c(S(=O)(=O)NCCC(=O)NCC(c2ccccc2)c2ccccc2)c1. The van der Waals surface area contributed by atoms with Gasteiger partial charge in [-0.2, -0.15) is 0 Å². The molecular weight excluding hydrogens is 408 g/mol. The van der Waals surface area contributed by atoms with Crippen molar-refractivity contribution < 1.29 is 13.2 Å². The van der Waals surface area contributed by atoms with E-state index in [0.717, 1.165) is 16.7 Å². The number of carbonyl (C=O) groups excluding carboxylic acids is 1. The van der Waals surface area contributed by atoms with Crippen LogP contribution < -0.4 is 10.0 Å². The number of hydrogen-bond donors (Lipinski definition) is 2. The van der Waals surface area contributed by atoms with Crippen LogP contribution >= 0.6 is 0 Å². The zero-order valence-corrected chi connectivity index (χ0v) is 18.7. The third kappa shape index (κ3) is 6.26. The zero-order valence-electron chi connectivity index (χ0n) is 17.8. The molecule has 0 atom stereocenters.